The van der Waals surface area contributed by atoms with Crippen LogP contribution < -0.4 is 0 Å². The van der Waals surface area contributed by atoms with Gasteiger partial charge < -0.3 is 0 Å². The van der Waals surface area contributed by atoms with Crippen LogP contribution in [0.3, 0.4) is 0 Å². The smallest absolute Gasteiger partial charge is 0.0151 e. The Bertz CT molecular complexity index is 313. The van der Waals surface area contributed by atoms with Crippen LogP contribution in [0.4, 0.5) is 0 Å². The monoisotopic (exact) mass is 176 g/mol. The first kappa shape index (κ1) is 7.93. The Labute approximate surface area is 77.7 Å². The lowest BCUT2D eigenvalue weighted by Gasteiger charge is -2.03. The van der Waals surface area contributed by atoms with Crippen LogP contribution in [-0.2, 0) is 6.42 Å². The summed E-state index contributed by atoms with van der Waals surface area (Å²) in [4.78, 5) is 2.86. The largest absolute Gasteiger partial charge is 0.0949 e. The third kappa shape index (κ3) is 1.56. The lowest BCUT2D eigenvalue weighted by Crippen LogP contribution is -1.83. The maximum absolute atomic E-state index is 2.32. The van der Waals surface area contributed by atoms with Crippen molar-refractivity contribution in [3.8, 4) is 0 Å². The van der Waals surface area contributed by atoms with Gasteiger partial charge in [0.25, 0.3) is 0 Å². The summed E-state index contributed by atoms with van der Waals surface area (Å²) in [6, 6.07) is 8.68. The van der Waals surface area contributed by atoms with Crippen LogP contribution in [0.1, 0.15) is 18.9 Å². The Kier molecular flexibility index (Phi) is 2.22. The third-order valence-corrected chi connectivity index (χ3v) is 3.20. The Morgan fingerprint density at radius 2 is 2.08 bits per heavy atom. The molecule has 1 aliphatic heterocycles. The summed E-state index contributed by atoms with van der Waals surface area (Å²) < 4.78 is 0. The first-order valence-corrected chi connectivity index (χ1v) is 5.10. The highest BCUT2D eigenvalue weighted by Gasteiger charge is 2.05. The van der Waals surface area contributed by atoms with Crippen molar-refractivity contribution in [3.63, 3.8) is 0 Å². The number of aryl methyl sites for hydroxylation is 1. The van der Waals surface area contributed by atoms with Crippen molar-refractivity contribution < 1.29 is 0 Å². The van der Waals surface area contributed by atoms with E-state index in [-0.39, 0.29) is 0 Å². The summed E-state index contributed by atoms with van der Waals surface area (Å²) in [6.45, 7) is 2.19. The van der Waals surface area contributed by atoms with Gasteiger partial charge in [0.05, 0.1) is 0 Å². The van der Waals surface area contributed by atoms with Crippen molar-refractivity contribution >= 4 is 11.8 Å². The van der Waals surface area contributed by atoms with E-state index in [0.717, 1.165) is 0 Å². The zero-order valence-electron chi connectivity index (χ0n) is 7.21. The van der Waals surface area contributed by atoms with Crippen molar-refractivity contribution in [3.05, 3.63) is 40.8 Å². The van der Waals surface area contributed by atoms with Gasteiger partial charge >= 0.3 is 0 Å². The minimum Gasteiger partial charge on any atom is -0.0949 e. The van der Waals surface area contributed by atoms with Crippen LogP contribution >= 0.6 is 11.8 Å². The number of rotatable bonds is 0. The summed E-state index contributed by atoms with van der Waals surface area (Å²) in [5, 5.41) is 0. The van der Waals surface area contributed by atoms with E-state index in [2.05, 4.69) is 37.3 Å². The van der Waals surface area contributed by atoms with Gasteiger partial charge in [-0.3, -0.25) is 0 Å². The molecule has 0 aromatic heterocycles. The molecule has 0 saturated heterocycles. The summed E-state index contributed by atoms with van der Waals surface area (Å²) in [7, 11) is 0. The highest BCUT2D eigenvalue weighted by molar-refractivity contribution is 8.03. The van der Waals surface area contributed by atoms with Gasteiger partial charge in [-0.2, -0.15) is 0 Å². The predicted octanol–water partition coefficient (Wildman–Crippen LogP) is 3.63. The van der Waals surface area contributed by atoms with Crippen molar-refractivity contribution in [2.75, 3.05) is 0 Å². The average Bonchev–Trinajstić information content (AvgIpc) is 2.25. The molecule has 0 amide bonds. The third-order valence-electron chi connectivity index (χ3n) is 2.09. The van der Waals surface area contributed by atoms with E-state index in [4.69, 9.17) is 0 Å². The SMILES string of the molecule is CC1=CCCc2ccccc2S1. The summed E-state index contributed by atoms with van der Waals surface area (Å²) in [5.74, 6) is 0. The van der Waals surface area contributed by atoms with Gasteiger partial charge in [-0.15, -0.1) is 0 Å². The van der Waals surface area contributed by atoms with E-state index in [1.54, 1.807) is 0 Å². The van der Waals surface area contributed by atoms with E-state index in [1.807, 2.05) is 11.8 Å². The lowest BCUT2D eigenvalue weighted by atomic mass is 10.1. The Morgan fingerprint density at radius 3 is 3.00 bits per heavy atom. The lowest BCUT2D eigenvalue weighted by molar-refractivity contribution is 0.975. The quantitative estimate of drug-likeness (QED) is 0.581. The Morgan fingerprint density at radius 1 is 1.25 bits per heavy atom. The van der Waals surface area contributed by atoms with Gasteiger partial charge in [-0.1, -0.05) is 36.0 Å². The van der Waals surface area contributed by atoms with Gasteiger partial charge in [-0.05, 0) is 36.3 Å². The van der Waals surface area contributed by atoms with Crippen LogP contribution in [-0.4, -0.2) is 0 Å². The minimum absolute atomic E-state index is 1.19. The molecular weight excluding hydrogens is 164 g/mol. The molecule has 62 valence electrons. The molecular formula is C11H12S. The normalized spacial score (nSPS) is 16.2. The minimum atomic E-state index is 1.19. The van der Waals surface area contributed by atoms with Crippen LogP contribution in [0.5, 0.6) is 0 Å². The van der Waals surface area contributed by atoms with E-state index in [9.17, 15) is 0 Å². The number of hydrogen-bond acceptors (Lipinski definition) is 1. The van der Waals surface area contributed by atoms with Crippen LogP contribution in [0.15, 0.2) is 40.1 Å². The van der Waals surface area contributed by atoms with Crippen LogP contribution in [0.2, 0.25) is 0 Å². The number of hydrogen-bond donors (Lipinski definition) is 0. The topological polar surface area (TPSA) is 0 Å². The highest BCUT2D eigenvalue weighted by Crippen LogP contribution is 2.32. The molecule has 2 rings (SSSR count). The van der Waals surface area contributed by atoms with E-state index in [1.165, 1.54) is 28.2 Å². The number of benzene rings is 1. The van der Waals surface area contributed by atoms with E-state index >= 15 is 0 Å². The standard InChI is InChI=1S/C11H12S/c1-9-5-4-7-10-6-2-3-8-11(10)12-9/h2-3,5-6,8H,4,7H2,1H3. The predicted molar refractivity (Wildman–Crippen MR) is 54.4 cm³/mol. The fourth-order valence-corrected chi connectivity index (χ4v) is 2.45. The van der Waals surface area contributed by atoms with Crippen molar-refractivity contribution in [2.45, 2.75) is 24.7 Å². The van der Waals surface area contributed by atoms with E-state index < -0.39 is 0 Å². The molecule has 1 aromatic rings. The molecule has 12 heavy (non-hydrogen) atoms. The Balaban J connectivity index is 2.38. The fraction of sp³-hybridized carbons (Fsp3) is 0.273. The molecule has 1 heteroatoms. The number of fused-ring (bicyclic) bond motifs is 1. The molecule has 1 aromatic carbocycles. The van der Waals surface area contributed by atoms with Gasteiger partial charge in [-0.25, -0.2) is 0 Å². The zero-order chi connectivity index (χ0) is 8.39. The second-order valence-electron chi connectivity index (χ2n) is 3.06. The Hall–Kier alpha value is -0.690. The summed E-state index contributed by atoms with van der Waals surface area (Å²) >= 11 is 1.89. The molecule has 0 atom stereocenters. The summed E-state index contributed by atoms with van der Waals surface area (Å²) in [5.41, 5.74) is 1.50. The second kappa shape index (κ2) is 3.36. The van der Waals surface area contributed by atoms with E-state index in [0.29, 0.717) is 0 Å². The molecule has 0 spiro atoms. The molecule has 0 unspecified atom stereocenters. The summed E-state index contributed by atoms with van der Waals surface area (Å²) in [6.07, 6.45) is 4.71. The van der Waals surface area contributed by atoms with Crippen molar-refractivity contribution in [1.82, 2.24) is 0 Å². The highest BCUT2D eigenvalue weighted by atomic mass is 32.2. The molecule has 0 saturated carbocycles. The maximum atomic E-state index is 2.32. The molecule has 0 fully saturated rings. The molecule has 0 radical (unpaired) electrons. The second-order valence-corrected chi connectivity index (χ2v) is 4.35. The number of allylic oxidation sites excluding steroid dienone is 2. The van der Waals surface area contributed by atoms with Crippen LogP contribution in [0.25, 0.3) is 0 Å². The molecule has 0 aliphatic carbocycles. The fourth-order valence-electron chi connectivity index (χ4n) is 1.46. The van der Waals surface area contributed by atoms with Gasteiger partial charge in [0, 0.05) is 4.90 Å². The zero-order valence-corrected chi connectivity index (χ0v) is 8.03. The molecule has 0 nitrogen and oxygen atoms in total. The average molecular weight is 176 g/mol. The van der Waals surface area contributed by atoms with Crippen molar-refractivity contribution in [1.29, 1.82) is 0 Å². The van der Waals surface area contributed by atoms with Crippen LogP contribution in [0, 0.1) is 0 Å². The first-order valence-electron chi connectivity index (χ1n) is 4.29. The molecule has 0 N–H and O–H groups in total. The molecule has 1 aliphatic rings. The molecule has 0 bridgehead atoms. The first-order chi connectivity index (χ1) is 5.86. The van der Waals surface area contributed by atoms with Gasteiger partial charge in [0.2, 0.25) is 0 Å². The van der Waals surface area contributed by atoms with Gasteiger partial charge in [0.1, 0.15) is 0 Å². The van der Waals surface area contributed by atoms with Crippen molar-refractivity contribution in [2.24, 2.45) is 0 Å². The number of thioether (sulfide) groups is 1. The molecule has 1 heterocycles. The maximum Gasteiger partial charge on any atom is 0.0151 e. The van der Waals surface area contributed by atoms with Gasteiger partial charge in [0.15, 0.2) is 0 Å².